The van der Waals surface area contributed by atoms with Gasteiger partial charge >= 0.3 is 0 Å². The van der Waals surface area contributed by atoms with Crippen molar-refractivity contribution in [2.45, 2.75) is 32.1 Å². The first-order valence-corrected chi connectivity index (χ1v) is 7.42. The molecule has 0 aliphatic heterocycles. The molecule has 0 saturated carbocycles. The van der Waals surface area contributed by atoms with Crippen LogP contribution in [0.2, 0.25) is 0 Å². The van der Waals surface area contributed by atoms with Crippen molar-refractivity contribution in [3.05, 3.63) is 65.7 Å². The smallest absolute Gasteiger partial charge is 0.191 e. The summed E-state index contributed by atoms with van der Waals surface area (Å²) < 4.78 is 0. The lowest BCUT2D eigenvalue weighted by Gasteiger charge is -2.17. The number of aliphatic imine (C=N–C) groups is 1. The van der Waals surface area contributed by atoms with Crippen molar-refractivity contribution in [2.24, 2.45) is 16.5 Å². The minimum Gasteiger partial charge on any atom is -0.370 e. The highest BCUT2D eigenvalue weighted by atomic mass is 15.0. The average Bonchev–Trinajstić information content (AvgIpc) is 2.47. The Morgan fingerprint density at radius 2 is 1.81 bits per heavy atom. The first-order chi connectivity index (χ1) is 10.2. The molecule has 0 radical (unpaired) electrons. The van der Waals surface area contributed by atoms with Crippen LogP contribution in [0.15, 0.2) is 59.6 Å². The van der Waals surface area contributed by atoms with Gasteiger partial charge in [-0.25, -0.2) is 4.99 Å². The van der Waals surface area contributed by atoms with Crippen molar-refractivity contribution in [1.29, 1.82) is 0 Å². The standard InChI is InChI=1S/C18H23N3/c1-2-7-15(12-14-8-4-3-5-9-14)16-10-6-11-17(13-16)21-18(19)20/h3-6,8-11,13,15H,2,7,12H2,1H3,(H4,19,20,21). The summed E-state index contributed by atoms with van der Waals surface area (Å²) in [6, 6.07) is 18.8. The van der Waals surface area contributed by atoms with Gasteiger partial charge in [0.05, 0.1) is 5.69 Å². The van der Waals surface area contributed by atoms with Crippen molar-refractivity contribution in [2.75, 3.05) is 0 Å². The van der Waals surface area contributed by atoms with E-state index in [9.17, 15) is 0 Å². The minimum atomic E-state index is 0.0993. The molecule has 2 aromatic carbocycles. The zero-order valence-corrected chi connectivity index (χ0v) is 12.5. The third kappa shape index (κ3) is 4.63. The maximum Gasteiger partial charge on any atom is 0.191 e. The zero-order valence-electron chi connectivity index (χ0n) is 12.5. The largest absolute Gasteiger partial charge is 0.370 e. The zero-order chi connectivity index (χ0) is 15.1. The Morgan fingerprint density at radius 1 is 1.05 bits per heavy atom. The van der Waals surface area contributed by atoms with Gasteiger partial charge in [0, 0.05) is 0 Å². The normalized spacial score (nSPS) is 11.9. The van der Waals surface area contributed by atoms with Crippen LogP contribution < -0.4 is 11.5 Å². The van der Waals surface area contributed by atoms with Crippen molar-refractivity contribution >= 4 is 11.6 Å². The van der Waals surface area contributed by atoms with Crippen molar-refractivity contribution < 1.29 is 0 Å². The molecule has 2 rings (SSSR count). The molecular formula is C18H23N3. The molecule has 21 heavy (non-hydrogen) atoms. The molecule has 0 aromatic heterocycles. The van der Waals surface area contributed by atoms with E-state index in [0.717, 1.165) is 24.9 Å². The summed E-state index contributed by atoms with van der Waals surface area (Å²) in [6.45, 7) is 2.22. The fraction of sp³-hybridized carbons (Fsp3) is 0.278. The number of guanidine groups is 1. The molecule has 0 amide bonds. The van der Waals surface area contributed by atoms with E-state index in [1.807, 2.05) is 12.1 Å². The van der Waals surface area contributed by atoms with E-state index in [1.165, 1.54) is 11.1 Å². The minimum absolute atomic E-state index is 0.0993. The maximum atomic E-state index is 5.46. The van der Waals surface area contributed by atoms with Crippen LogP contribution in [0.4, 0.5) is 5.69 Å². The van der Waals surface area contributed by atoms with E-state index >= 15 is 0 Å². The number of hydrogen-bond acceptors (Lipinski definition) is 1. The SMILES string of the molecule is CCCC(Cc1ccccc1)c1cccc(N=C(N)N)c1. The number of benzene rings is 2. The van der Waals surface area contributed by atoms with Gasteiger partial charge in [-0.1, -0.05) is 55.8 Å². The maximum absolute atomic E-state index is 5.46. The fourth-order valence-electron chi connectivity index (χ4n) is 2.63. The molecule has 1 unspecified atom stereocenters. The van der Waals surface area contributed by atoms with E-state index in [0.29, 0.717) is 5.92 Å². The molecule has 3 nitrogen and oxygen atoms in total. The third-order valence-electron chi connectivity index (χ3n) is 3.56. The summed E-state index contributed by atoms with van der Waals surface area (Å²) in [6.07, 6.45) is 3.35. The molecule has 3 heteroatoms. The van der Waals surface area contributed by atoms with E-state index in [2.05, 4.69) is 54.4 Å². The monoisotopic (exact) mass is 281 g/mol. The number of rotatable bonds is 6. The van der Waals surface area contributed by atoms with Gasteiger partial charge in [0.2, 0.25) is 0 Å². The highest BCUT2D eigenvalue weighted by Crippen LogP contribution is 2.28. The molecule has 0 fully saturated rings. The second kappa shape index (κ2) is 7.48. The molecule has 4 N–H and O–H groups in total. The van der Waals surface area contributed by atoms with Gasteiger partial charge in [-0.3, -0.25) is 0 Å². The Bertz CT molecular complexity index is 586. The summed E-state index contributed by atoms with van der Waals surface area (Å²) in [5, 5.41) is 0. The Labute approximate surface area is 126 Å². The summed E-state index contributed by atoms with van der Waals surface area (Å²) in [5.74, 6) is 0.591. The fourth-order valence-corrected chi connectivity index (χ4v) is 2.63. The molecule has 110 valence electrons. The van der Waals surface area contributed by atoms with Crippen LogP contribution >= 0.6 is 0 Å². The lowest BCUT2D eigenvalue weighted by molar-refractivity contribution is 0.610. The molecule has 0 bridgehead atoms. The van der Waals surface area contributed by atoms with Crippen LogP contribution in [-0.4, -0.2) is 5.96 Å². The van der Waals surface area contributed by atoms with Gasteiger partial charge in [0.25, 0.3) is 0 Å². The summed E-state index contributed by atoms with van der Waals surface area (Å²) in [7, 11) is 0. The first-order valence-electron chi connectivity index (χ1n) is 7.42. The van der Waals surface area contributed by atoms with Crippen molar-refractivity contribution in [3.63, 3.8) is 0 Å². The average molecular weight is 281 g/mol. The molecule has 0 saturated heterocycles. The first kappa shape index (κ1) is 15.1. The molecule has 0 spiro atoms. The molecular weight excluding hydrogens is 258 g/mol. The molecule has 0 aliphatic rings. The van der Waals surface area contributed by atoms with Crippen molar-refractivity contribution in [3.8, 4) is 0 Å². The van der Waals surface area contributed by atoms with Crippen LogP contribution in [-0.2, 0) is 6.42 Å². The van der Waals surface area contributed by atoms with Gasteiger partial charge < -0.3 is 11.5 Å². The Kier molecular flexibility index (Phi) is 5.38. The number of nitrogens with zero attached hydrogens (tertiary/aromatic N) is 1. The van der Waals surface area contributed by atoms with Gasteiger partial charge in [0.1, 0.15) is 0 Å². The highest BCUT2D eigenvalue weighted by molar-refractivity contribution is 5.79. The van der Waals surface area contributed by atoms with E-state index in [1.54, 1.807) is 0 Å². The molecule has 2 aromatic rings. The predicted octanol–water partition coefficient (Wildman–Crippen LogP) is 3.72. The highest BCUT2D eigenvalue weighted by Gasteiger charge is 2.12. The summed E-state index contributed by atoms with van der Waals surface area (Å²) in [4.78, 5) is 4.14. The van der Waals surface area contributed by atoms with Gasteiger partial charge in [-0.2, -0.15) is 0 Å². The molecule has 0 heterocycles. The van der Waals surface area contributed by atoms with Crippen LogP contribution in [0.5, 0.6) is 0 Å². The van der Waals surface area contributed by atoms with E-state index in [-0.39, 0.29) is 5.96 Å². The van der Waals surface area contributed by atoms with Crippen LogP contribution in [0, 0.1) is 0 Å². The lowest BCUT2D eigenvalue weighted by Crippen LogP contribution is -2.21. The second-order valence-electron chi connectivity index (χ2n) is 5.31. The van der Waals surface area contributed by atoms with Crippen molar-refractivity contribution in [1.82, 2.24) is 0 Å². The Morgan fingerprint density at radius 3 is 2.48 bits per heavy atom. The van der Waals surface area contributed by atoms with Crippen LogP contribution in [0.1, 0.15) is 36.8 Å². The van der Waals surface area contributed by atoms with E-state index in [4.69, 9.17) is 11.5 Å². The predicted molar refractivity (Wildman–Crippen MR) is 89.7 cm³/mol. The van der Waals surface area contributed by atoms with Crippen LogP contribution in [0.25, 0.3) is 0 Å². The van der Waals surface area contributed by atoms with Gasteiger partial charge in [-0.15, -0.1) is 0 Å². The number of nitrogens with two attached hydrogens (primary N) is 2. The second-order valence-corrected chi connectivity index (χ2v) is 5.31. The lowest BCUT2D eigenvalue weighted by atomic mass is 9.88. The van der Waals surface area contributed by atoms with E-state index < -0.39 is 0 Å². The van der Waals surface area contributed by atoms with Gasteiger partial charge in [-0.05, 0) is 42.0 Å². The van der Waals surface area contributed by atoms with Gasteiger partial charge in [0.15, 0.2) is 5.96 Å². The molecule has 1 atom stereocenters. The number of hydrogen-bond donors (Lipinski definition) is 2. The summed E-state index contributed by atoms with van der Waals surface area (Å²) >= 11 is 0. The quantitative estimate of drug-likeness (QED) is 0.626. The van der Waals surface area contributed by atoms with Crippen LogP contribution in [0.3, 0.4) is 0 Å². The topological polar surface area (TPSA) is 64.4 Å². The Balaban J connectivity index is 2.23. The Hall–Kier alpha value is -2.29. The third-order valence-corrected chi connectivity index (χ3v) is 3.56. The summed E-state index contributed by atoms with van der Waals surface area (Å²) in [5.41, 5.74) is 14.4. The molecule has 0 aliphatic carbocycles.